The van der Waals surface area contributed by atoms with Crippen molar-refractivity contribution in [2.24, 2.45) is 5.92 Å². The van der Waals surface area contributed by atoms with Gasteiger partial charge in [0.05, 0.1) is 6.04 Å². The molecular weight excluding hydrogens is 198 g/mol. The first-order valence-electron chi connectivity index (χ1n) is 7.08. The molecule has 0 aromatic carbocycles. The minimum Gasteiger partial charge on any atom is -0.298 e. The summed E-state index contributed by atoms with van der Waals surface area (Å²) in [4.78, 5) is 14.2. The van der Waals surface area contributed by atoms with Crippen molar-refractivity contribution in [3.8, 4) is 0 Å². The second kappa shape index (κ2) is 5.81. The first-order valence-corrected chi connectivity index (χ1v) is 7.08. The lowest BCUT2D eigenvalue weighted by Crippen LogP contribution is -2.38. The van der Waals surface area contributed by atoms with Crippen molar-refractivity contribution >= 4 is 5.78 Å². The van der Waals surface area contributed by atoms with Crippen LogP contribution in [0.5, 0.6) is 0 Å². The van der Waals surface area contributed by atoms with Crippen LogP contribution in [0.1, 0.15) is 58.3 Å². The zero-order chi connectivity index (χ0) is 11.4. The van der Waals surface area contributed by atoms with E-state index in [4.69, 9.17) is 0 Å². The first kappa shape index (κ1) is 12.1. The van der Waals surface area contributed by atoms with Gasteiger partial charge in [-0.1, -0.05) is 19.8 Å². The normalized spacial score (nSPS) is 32.9. The predicted octanol–water partition coefficient (Wildman–Crippen LogP) is 3.01. The van der Waals surface area contributed by atoms with E-state index in [1.165, 1.54) is 38.6 Å². The van der Waals surface area contributed by atoms with Gasteiger partial charge in [-0.25, -0.2) is 0 Å². The fourth-order valence-corrected chi connectivity index (χ4v) is 3.38. The summed E-state index contributed by atoms with van der Waals surface area (Å²) >= 11 is 0. The monoisotopic (exact) mass is 223 g/mol. The maximum Gasteiger partial charge on any atom is 0.149 e. The van der Waals surface area contributed by atoms with Gasteiger partial charge >= 0.3 is 0 Å². The lowest BCUT2D eigenvalue weighted by molar-refractivity contribution is -0.121. The highest BCUT2D eigenvalue weighted by atomic mass is 16.1. The molecular formula is C14H25NO. The minimum absolute atomic E-state index is 0.292. The molecule has 2 heteroatoms. The van der Waals surface area contributed by atoms with Gasteiger partial charge in [-0.3, -0.25) is 9.69 Å². The van der Waals surface area contributed by atoms with E-state index in [1.54, 1.807) is 0 Å². The second-order valence-corrected chi connectivity index (χ2v) is 5.50. The molecule has 16 heavy (non-hydrogen) atoms. The molecule has 0 aromatic heterocycles. The maximum atomic E-state index is 11.8. The van der Waals surface area contributed by atoms with Crippen molar-refractivity contribution in [3.63, 3.8) is 0 Å². The summed E-state index contributed by atoms with van der Waals surface area (Å²) < 4.78 is 0. The van der Waals surface area contributed by atoms with Gasteiger partial charge in [0.1, 0.15) is 5.78 Å². The third-order valence-electron chi connectivity index (χ3n) is 4.29. The van der Waals surface area contributed by atoms with Crippen LogP contribution in [0.15, 0.2) is 0 Å². The molecule has 1 aliphatic heterocycles. The molecule has 0 bridgehead atoms. The van der Waals surface area contributed by atoms with Crippen LogP contribution >= 0.6 is 0 Å². The Morgan fingerprint density at radius 2 is 2.06 bits per heavy atom. The van der Waals surface area contributed by atoms with Crippen LogP contribution in [0.4, 0.5) is 0 Å². The van der Waals surface area contributed by atoms with Gasteiger partial charge in [0, 0.05) is 6.42 Å². The van der Waals surface area contributed by atoms with E-state index in [1.807, 2.05) is 0 Å². The van der Waals surface area contributed by atoms with E-state index in [0.29, 0.717) is 11.8 Å². The standard InChI is InChI=1S/C14H25NO/c1-2-5-12-6-4-10-15(11-9-12)13-7-3-8-14(13)16/h12-13H,2-11H2,1H3. The molecule has 0 aromatic rings. The molecule has 2 atom stereocenters. The topological polar surface area (TPSA) is 20.3 Å². The van der Waals surface area contributed by atoms with E-state index < -0.39 is 0 Å². The molecule has 2 fully saturated rings. The highest BCUT2D eigenvalue weighted by molar-refractivity contribution is 5.85. The summed E-state index contributed by atoms with van der Waals surface area (Å²) in [5.41, 5.74) is 0. The summed E-state index contributed by atoms with van der Waals surface area (Å²) in [6.07, 6.45) is 9.77. The third kappa shape index (κ3) is 2.85. The number of ketones is 1. The Morgan fingerprint density at radius 3 is 2.75 bits per heavy atom. The molecule has 0 radical (unpaired) electrons. The fourth-order valence-electron chi connectivity index (χ4n) is 3.38. The summed E-state index contributed by atoms with van der Waals surface area (Å²) in [7, 11) is 0. The summed E-state index contributed by atoms with van der Waals surface area (Å²) in [5.74, 6) is 1.43. The number of carbonyl (C=O) groups excluding carboxylic acids is 1. The molecule has 92 valence electrons. The molecule has 2 nitrogen and oxygen atoms in total. The maximum absolute atomic E-state index is 11.8. The van der Waals surface area contributed by atoms with Crippen molar-refractivity contribution in [2.45, 2.75) is 64.3 Å². The lowest BCUT2D eigenvalue weighted by atomic mass is 9.96. The number of likely N-dealkylation sites (tertiary alicyclic amines) is 1. The van der Waals surface area contributed by atoms with Gasteiger partial charge in [-0.05, 0) is 51.1 Å². The van der Waals surface area contributed by atoms with Crippen molar-refractivity contribution in [1.82, 2.24) is 4.90 Å². The quantitative estimate of drug-likeness (QED) is 0.733. The lowest BCUT2D eigenvalue weighted by Gasteiger charge is -2.25. The number of nitrogens with zero attached hydrogens (tertiary/aromatic N) is 1. The Kier molecular flexibility index (Phi) is 4.39. The zero-order valence-electron chi connectivity index (χ0n) is 10.6. The Bertz CT molecular complexity index is 239. The zero-order valence-corrected chi connectivity index (χ0v) is 10.6. The van der Waals surface area contributed by atoms with E-state index in [0.717, 1.165) is 31.7 Å². The number of hydrogen-bond donors (Lipinski definition) is 0. The van der Waals surface area contributed by atoms with Gasteiger partial charge in [-0.2, -0.15) is 0 Å². The van der Waals surface area contributed by atoms with Gasteiger partial charge in [0.15, 0.2) is 0 Å². The Labute approximate surface area is 99.4 Å². The van der Waals surface area contributed by atoms with Gasteiger partial charge in [0.2, 0.25) is 0 Å². The van der Waals surface area contributed by atoms with Crippen molar-refractivity contribution in [2.75, 3.05) is 13.1 Å². The number of Topliss-reactive ketones (excluding diaryl/α,β-unsaturated/α-hetero) is 1. The highest BCUT2D eigenvalue weighted by Crippen LogP contribution is 2.27. The minimum atomic E-state index is 0.292. The number of hydrogen-bond acceptors (Lipinski definition) is 2. The van der Waals surface area contributed by atoms with Crippen molar-refractivity contribution < 1.29 is 4.79 Å². The van der Waals surface area contributed by atoms with Crippen LogP contribution in [0.3, 0.4) is 0 Å². The summed E-state index contributed by atoms with van der Waals surface area (Å²) in [6, 6.07) is 0.292. The molecule has 1 aliphatic carbocycles. The van der Waals surface area contributed by atoms with E-state index in [2.05, 4.69) is 11.8 Å². The smallest absolute Gasteiger partial charge is 0.149 e. The number of carbonyl (C=O) groups is 1. The van der Waals surface area contributed by atoms with E-state index in [9.17, 15) is 4.79 Å². The molecule has 2 unspecified atom stereocenters. The molecule has 2 rings (SSSR count). The summed E-state index contributed by atoms with van der Waals surface area (Å²) in [5, 5.41) is 0. The van der Waals surface area contributed by atoms with Gasteiger partial charge in [0.25, 0.3) is 0 Å². The molecule has 0 amide bonds. The van der Waals surface area contributed by atoms with Gasteiger partial charge in [-0.15, -0.1) is 0 Å². The second-order valence-electron chi connectivity index (χ2n) is 5.50. The molecule has 1 saturated carbocycles. The van der Waals surface area contributed by atoms with E-state index >= 15 is 0 Å². The van der Waals surface area contributed by atoms with Crippen molar-refractivity contribution in [1.29, 1.82) is 0 Å². The molecule has 2 aliphatic rings. The Balaban J connectivity index is 1.85. The Hall–Kier alpha value is -0.370. The molecule has 0 N–H and O–H groups in total. The third-order valence-corrected chi connectivity index (χ3v) is 4.29. The fraction of sp³-hybridized carbons (Fsp3) is 0.929. The molecule has 1 saturated heterocycles. The SMILES string of the molecule is CCCC1CCCN(C2CCCC2=O)CC1. The van der Waals surface area contributed by atoms with E-state index in [-0.39, 0.29) is 0 Å². The van der Waals surface area contributed by atoms with Crippen LogP contribution in [0.25, 0.3) is 0 Å². The van der Waals surface area contributed by atoms with Crippen LogP contribution in [-0.2, 0) is 4.79 Å². The average Bonchev–Trinajstić information content (AvgIpc) is 2.57. The first-order chi connectivity index (χ1) is 7.81. The Morgan fingerprint density at radius 1 is 1.19 bits per heavy atom. The van der Waals surface area contributed by atoms with Crippen molar-refractivity contribution in [3.05, 3.63) is 0 Å². The molecule has 1 heterocycles. The van der Waals surface area contributed by atoms with Crippen LogP contribution in [0.2, 0.25) is 0 Å². The van der Waals surface area contributed by atoms with Crippen LogP contribution in [0, 0.1) is 5.92 Å². The van der Waals surface area contributed by atoms with Crippen LogP contribution in [-0.4, -0.2) is 29.8 Å². The average molecular weight is 223 g/mol. The largest absolute Gasteiger partial charge is 0.298 e. The van der Waals surface area contributed by atoms with Crippen LogP contribution < -0.4 is 0 Å². The molecule has 0 spiro atoms. The summed E-state index contributed by atoms with van der Waals surface area (Å²) in [6.45, 7) is 4.61. The van der Waals surface area contributed by atoms with Gasteiger partial charge < -0.3 is 0 Å². The predicted molar refractivity (Wildman–Crippen MR) is 66.5 cm³/mol. The highest BCUT2D eigenvalue weighted by Gasteiger charge is 2.31. The number of rotatable bonds is 3.